The summed E-state index contributed by atoms with van der Waals surface area (Å²) in [5, 5.41) is 11.3. The first-order chi connectivity index (χ1) is 14.1. The van der Waals surface area contributed by atoms with Crippen LogP contribution in [-0.2, 0) is 16.1 Å². The summed E-state index contributed by atoms with van der Waals surface area (Å²) in [6.07, 6.45) is 1.83. The van der Waals surface area contributed by atoms with E-state index in [2.05, 4.69) is 46.9 Å². The first-order valence-electron chi connectivity index (χ1n) is 11.0. The van der Waals surface area contributed by atoms with Crippen molar-refractivity contribution in [2.45, 2.75) is 90.5 Å². The van der Waals surface area contributed by atoms with E-state index in [9.17, 15) is 9.59 Å². The number of alkyl carbamates (subject to hydrolysis) is 1. The van der Waals surface area contributed by atoms with Gasteiger partial charge in [-0.05, 0) is 47.2 Å². The Morgan fingerprint density at radius 1 is 0.933 bits per heavy atom. The standard InChI is InChI=1S/C23H39NO5Si/c1-17(2)30(18(3)4,19(5)6)29-21-13-11-20(12-14-21)16-28-23(27)24-15-9-7-8-10-22(25)26/h11-14,17-19H,7-10,15-16H2,1-6H3,(H,24,27)(H,25,26). The first-order valence-corrected chi connectivity index (χ1v) is 13.1. The zero-order valence-corrected chi connectivity index (χ0v) is 20.4. The molecule has 1 rings (SSSR count). The number of unbranched alkanes of at least 4 members (excludes halogenated alkanes) is 2. The van der Waals surface area contributed by atoms with Crippen LogP contribution < -0.4 is 9.74 Å². The monoisotopic (exact) mass is 437 g/mol. The summed E-state index contributed by atoms with van der Waals surface area (Å²) in [6, 6.07) is 7.81. The highest BCUT2D eigenvalue weighted by Gasteiger charge is 2.46. The number of hydrogen-bond acceptors (Lipinski definition) is 4. The second-order valence-corrected chi connectivity index (χ2v) is 14.1. The van der Waals surface area contributed by atoms with Crippen molar-refractivity contribution in [1.82, 2.24) is 5.32 Å². The molecule has 0 bridgehead atoms. The average Bonchev–Trinajstić information content (AvgIpc) is 2.67. The highest BCUT2D eigenvalue weighted by atomic mass is 28.4. The van der Waals surface area contributed by atoms with Crippen LogP contribution in [0.15, 0.2) is 24.3 Å². The molecule has 0 heterocycles. The Hall–Kier alpha value is -2.02. The smallest absolute Gasteiger partial charge is 0.407 e. The highest BCUT2D eigenvalue weighted by molar-refractivity contribution is 6.78. The number of carbonyl (C=O) groups excluding carboxylic acids is 1. The van der Waals surface area contributed by atoms with Crippen LogP contribution >= 0.6 is 0 Å². The van der Waals surface area contributed by atoms with Crippen molar-refractivity contribution in [2.24, 2.45) is 0 Å². The van der Waals surface area contributed by atoms with Gasteiger partial charge in [-0.1, -0.05) is 60.1 Å². The average molecular weight is 438 g/mol. The molecule has 1 amide bonds. The van der Waals surface area contributed by atoms with Crippen LogP contribution in [0, 0.1) is 0 Å². The van der Waals surface area contributed by atoms with E-state index in [0.717, 1.165) is 24.2 Å². The molecule has 7 heteroatoms. The fourth-order valence-corrected chi connectivity index (χ4v) is 9.43. The SMILES string of the molecule is CC(C)[Si](Oc1ccc(COC(=O)NCCCCCC(=O)O)cc1)(C(C)C)C(C)C. The van der Waals surface area contributed by atoms with Crippen molar-refractivity contribution >= 4 is 20.4 Å². The van der Waals surface area contributed by atoms with E-state index in [-0.39, 0.29) is 13.0 Å². The van der Waals surface area contributed by atoms with Crippen LogP contribution in [0.4, 0.5) is 4.79 Å². The number of hydrogen-bond donors (Lipinski definition) is 2. The minimum Gasteiger partial charge on any atom is -0.543 e. The molecule has 6 nitrogen and oxygen atoms in total. The molecule has 0 saturated carbocycles. The van der Waals surface area contributed by atoms with Crippen LogP contribution in [-0.4, -0.2) is 32.0 Å². The quantitative estimate of drug-likeness (QED) is 0.287. The Morgan fingerprint density at radius 3 is 2.00 bits per heavy atom. The summed E-state index contributed by atoms with van der Waals surface area (Å²) in [7, 11) is -1.98. The van der Waals surface area contributed by atoms with Crippen molar-refractivity contribution in [3.8, 4) is 5.75 Å². The summed E-state index contributed by atoms with van der Waals surface area (Å²) in [4.78, 5) is 22.2. The number of carboxylic acid groups (broad SMARTS) is 1. The van der Waals surface area contributed by atoms with E-state index in [1.54, 1.807) is 0 Å². The topological polar surface area (TPSA) is 84.9 Å². The summed E-state index contributed by atoms with van der Waals surface area (Å²) in [5.74, 6) is 0.0942. The fraction of sp³-hybridized carbons (Fsp3) is 0.652. The molecule has 0 fully saturated rings. The fourth-order valence-electron chi connectivity index (χ4n) is 4.18. The van der Waals surface area contributed by atoms with Gasteiger partial charge < -0.3 is 19.6 Å². The zero-order valence-electron chi connectivity index (χ0n) is 19.4. The molecule has 0 spiro atoms. The van der Waals surface area contributed by atoms with Gasteiger partial charge in [0.2, 0.25) is 0 Å². The van der Waals surface area contributed by atoms with Crippen molar-refractivity contribution in [3.63, 3.8) is 0 Å². The number of amides is 1. The Bertz CT molecular complexity index is 636. The maximum absolute atomic E-state index is 11.8. The van der Waals surface area contributed by atoms with Gasteiger partial charge in [-0.15, -0.1) is 0 Å². The van der Waals surface area contributed by atoms with E-state index < -0.39 is 20.4 Å². The summed E-state index contributed by atoms with van der Waals surface area (Å²) in [5.41, 5.74) is 2.43. The second kappa shape index (κ2) is 12.6. The van der Waals surface area contributed by atoms with Crippen LogP contribution in [0.2, 0.25) is 16.6 Å². The third-order valence-corrected chi connectivity index (χ3v) is 11.6. The summed E-state index contributed by atoms with van der Waals surface area (Å²) >= 11 is 0. The lowest BCUT2D eigenvalue weighted by atomic mass is 10.2. The van der Waals surface area contributed by atoms with Gasteiger partial charge in [0, 0.05) is 13.0 Å². The zero-order chi connectivity index (χ0) is 22.7. The van der Waals surface area contributed by atoms with Gasteiger partial charge in [0.15, 0.2) is 0 Å². The number of rotatable bonds is 13. The molecule has 0 saturated heterocycles. The van der Waals surface area contributed by atoms with Crippen molar-refractivity contribution < 1.29 is 23.9 Å². The molecule has 1 aromatic carbocycles. The van der Waals surface area contributed by atoms with E-state index in [1.807, 2.05) is 24.3 Å². The van der Waals surface area contributed by atoms with Gasteiger partial charge in [-0.3, -0.25) is 4.79 Å². The molecule has 0 atom stereocenters. The number of nitrogens with one attached hydrogen (secondary N) is 1. The molecule has 30 heavy (non-hydrogen) atoms. The van der Waals surface area contributed by atoms with Crippen molar-refractivity contribution in [2.75, 3.05) is 6.54 Å². The molecule has 0 unspecified atom stereocenters. The Morgan fingerprint density at radius 2 is 1.50 bits per heavy atom. The van der Waals surface area contributed by atoms with Gasteiger partial charge >= 0.3 is 12.1 Å². The predicted molar refractivity (Wildman–Crippen MR) is 122 cm³/mol. The van der Waals surface area contributed by atoms with Crippen molar-refractivity contribution in [3.05, 3.63) is 29.8 Å². The minimum absolute atomic E-state index is 0.166. The van der Waals surface area contributed by atoms with Crippen molar-refractivity contribution in [1.29, 1.82) is 0 Å². The van der Waals surface area contributed by atoms with Crippen LogP contribution in [0.5, 0.6) is 5.75 Å². The summed E-state index contributed by atoms with van der Waals surface area (Å²) in [6.45, 7) is 14.3. The van der Waals surface area contributed by atoms with E-state index in [1.165, 1.54) is 0 Å². The van der Waals surface area contributed by atoms with Gasteiger partial charge in [0.1, 0.15) is 12.4 Å². The van der Waals surface area contributed by atoms with Gasteiger partial charge in [0.25, 0.3) is 8.32 Å². The lowest BCUT2D eigenvalue weighted by molar-refractivity contribution is -0.137. The van der Waals surface area contributed by atoms with Crippen LogP contribution in [0.3, 0.4) is 0 Å². The second-order valence-electron chi connectivity index (χ2n) is 8.77. The maximum Gasteiger partial charge on any atom is 0.407 e. The Labute approximate surface area is 182 Å². The number of carbonyl (C=O) groups is 2. The molecular formula is C23H39NO5Si. The first kappa shape index (κ1) is 26.0. The Kier molecular flexibility index (Phi) is 10.9. The molecule has 1 aromatic rings. The minimum atomic E-state index is -1.98. The number of aliphatic carboxylic acids is 1. The number of carboxylic acids is 1. The van der Waals surface area contributed by atoms with E-state index in [0.29, 0.717) is 29.6 Å². The highest BCUT2D eigenvalue weighted by Crippen LogP contribution is 2.42. The van der Waals surface area contributed by atoms with E-state index >= 15 is 0 Å². The lowest BCUT2D eigenvalue weighted by Gasteiger charge is -2.42. The van der Waals surface area contributed by atoms with Gasteiger partial charge in [0.05, 0.1) is 0 Å². The number of ether oxygens (including phenoxy) is 1. The molecule has 170 valence electrons. The number of benzene rings is 1. The normalized spacial score (nSPS) is 11.8. The summed E-state index contributed by atoms with van der Waals surface area (Å²) < 4.78 is 11.9. The molecule has 2 N–H and O–H groups in total. The lowest BCUT2D eigenvalue weighted by Crippen LogP contribution is -2.50. The molecule has 0 aromatic heterocycles. The third-order valence-electron chi connectivity index (χ3n) is 5.63. The van der Waals surface area contributed by atoms with Crippen LogP contribution in [0.1, 0.15) is 72.8 Å². The Balaban J connectivity index is 2.49. The van der Waals surface area contributed by atoms with E-state index in [4.69, 9.17) is 14.3 Å². The molecule has 0 aliphatic rings. The largest absolute Gasteiger partial charge is 0.543 e. The van der Waals surface area contributed by atoms with Gasteiger partial charge in [-0.2, -0.15) is 0 Å². The predicted octanol–water partition coefficient (Wildman–Crippen LogP) is 6.11. The molecule has 0 aliphatic carbocycles. The third kappa shape index (κ3) is 8.01. The van der Waals surface area contributed by atoms with Gasteiger partial charge in [-0.25, -0.2) is 4.79 Å². The molecular weight excluding hydrogens is 398 g/mol. The molecule has 0 aliphatic heterocycles. The molecule has 0 radical (unpaired) electrons. The van der Waals surface area contributed by atoms with Crippen LogP contribution in [0.25, 0.3) is 0 Å². The maximum atomic E-state index is 11.8.